The summed E-state index contributed by atoms with van der Waals surface area (Å²) in [5.74, 6) is 0. The lowest BCUT2D eigenvalue weighted by Gasteiger charge is -2.39. The van der Waals surface area contributed by atoms with Gasteiger partial charge in [0.15, 0.2) is 0 Å². The van der Waals surface area contributed by atoms with Crippen LogP contribution in [0.4, 0.5) is 5.69 Å². The molecule has 1 aliphatic rings. The van der Waals surface area contributed by atoms with Crippen LogP contribution >= 0.6 is 15.9 Å². The Morgan fingerprint density at radius 3 is 2.41 bits per heavy atom. The van der Waals surface area contributed by atoms with Crippen molar-refractivity contribution < 1.29 is 0 Å². The van der Waals surface area contributed by atoms with Gasteiger partial charge in [-0.05, 0) is 28.1 Å². The largest absolute Gasteiger partial charge is 0.369 e. The number of hydrogen-bond donors (Lipinski definition) is 1. The number of halogens is 1. The van der Waals surface area contributed by atoms with E-state index in [1.165, 1.54) is 5.69 Å². The van der Waals surface area contributed by atoms with E-state index in [-0.39, 0.29) is 6.04 Å². The number of rotatable bonds is 4. The minimum absolute atomic E-state index is 0.175. The molecule has 1 aromatic carbocycles. The molecule has 5 nitrogen and oxygen atoms in total. The van der Waals surface area contributed by atoms with Gasteiger partial charge in [0.25, 0.3) is 0 Å². The second-order valence-electron chi connectivity index (χ2n) is 5.64. The average molecular weight is 364 g/mol. The Morgan fingerprint density at radius 1 is 1.18 bits per heavy atom. The summed E-state index contributed by atoms with van der Waals surface area (Å²) in [4.78, 5) is 9.38. The number of anilines is 1. The van der Waals surface area contributed by atoms with Gasteiger partial charge in [-0.1, -0.05) is 18.2 Å². The molecule has 0 spiro atoms. The van der Waals surface area contributed by atoms with Crippen LogP contribution in [0.15, 0.2) is 41.3 Å². The van der Waals surface area contributed by atoms with Crippen molar-refractivity contribution in [1.29, 1.82) is 0 Å². The number of nitrogens with two attached hydrogens (primary N) is 1. The number of benzene rings is 1. The monoisotopic (exact) mass is 363 g/mol. The minimum atomic E-state index is 0.175. The van der Waals surface area contributed by atoms with Gasteiger partial charge in [-0.25, -0.2) is 4.98 Å². The third kappa shape index (κ3) is 3.04. The van der Waals surface area contributed by atoms with Crippen molar-refractivity contribution in [2.75, 3.05) is 37.6 Å². The summed E-state index contributed by atoms with van der Waals surface area (Å²) in [7, 11) is 1.99. The summed E-state index contributed by atoms with van der Waals surface area (Å²) in [5.41, 5.74) is 8.37. The summed E-state index contributed by atoms with van der Waals surface area (Å²) in [6, 6.07) is 10.8. The van der Waals surface area contributed by atoms with Crippen LogP contribution in [0.5, 0.6) is 0 Å². The van der Waals surface area contributed by atoms with Gasteiger partial charge in [-0.3, -0.25) is 4.90 Å². The summed E-state index contributed by atoms with van der Waals surface area (Å²) in [5, 5.41) is 0. The number of hydrogen-bond acceptors (Lipinski definition) is 4. The number of para-hydroxylation sites is 1. The first kappa shape index (κ1) is 15.5. The second-order valence-corrected chi connectivity index (χ2v) is 6.39. The molecule has 1 aliphatic heterocycles. The highest BCUT2D eigenvalue weighted by Crippen LogP contribution is 2.27. The van der Waals surface area contributed by atoms with Crippen molar-refractivity contribution in [3.8, 4) is 0 Å². The van der Waals surface area contributed by atoms with E-state index in [1.807, 2.05) is 17.9 Å². The zero-order valence-corrected chi connectivity index (χ0v) is 14.4. The molecule has 0 amide bonds. The molecule has 0 aliphatic carbocycles. The van der Waals surface area contributed by atoms with E-state index < -0.39 is 0 Å². The fourth-order valence-electron chi connectivity index (χ4n) is 3.02. The Hall–Kier alpha value is -1.37. The molecule has 1 atom stereocenters. The first-order valence-corrected chi connectivity index (χ1v) is 8.41. The molecule has 1 saturated heterocycles. The normalized spacial score (nSPS) is 17.7. The maximum absolute atomic E-state index is 6.03. The zero-order valence-electron chi connectivity index (χ0n) is 12.8. The summed E-state index contributed by atoms with van der Waals surface area (Å²) in [6.07, 6.45) is 1.84. The van der Waals surface area contributed by atoms with Crippen molar-refractivity contribution in [3.63, 3.8) is 0 Å². The Morgan fingerprint density at radius 2 is 1.86 bits per heavy atom. The molecule has 0 radical (unpaired) electrons. The summed E-state index contributed by atoms with van der Waals surface area (Å²) >= 11 is 3.61. The smallest absolute Gasteiger partial charge is 0.109 e. The highest BCUT2D eigenvalue weighted by atomic mass is 79.9. The van der Waals surface area contributed by atoms with E-state index >= 15 is 0 Å². The maximum Gasteiger partial charge on any atom is 0.109 e. The maximum atomic E-state index is 6.03. The Balaban J connectivity index is 1.68. The first-order valence-electron chi connectivity index (χ1n) is 7.61. The van der Waals surface area contributed by atoms with Crippen LogP contribution in [-0.4, -0.2) is 47.2 Å². The van der Waals surface area contributed by atoms with Gasteiger partial charge in [0.1, 0.15) is 4.60 Å². The summed E-state index contributed by atoms with van der Waals surface area (Å²) in [6.45, 7) is 4.62. The molecule has 0 bridgehead atoms. The van der Waals surface area contributed by atoms with Crippen LogP contribution < -0.4 is 10.6 Å². The van der Waals surface area contributed by atoms with E-state index in [9.17, 15) is 0 Å². The van der Waals surface area contributed by atoms with Crippen LogP contribution in [0.2, 0.25) is 0 Å². The van der Waals surface area contributed by atoms with Gasteiger partial charge in [0.05, 0.1) is 18.1 Å². The van der Waals surface area contributed by atoms with Crippen molar-refractivity contribution >= 4 is 21.6 Å². The molecule has 0 saturated carbocycles. The molecule has 6 heteroatoms. The Kier molecular flexibility index (Phi) is 4.81. The molecule has 2 N–H and O–H groups in total. The second kappa shape index (κ2) is 6.81. The lowest BCUT2D eigenvalue weighted by molar-refractivity contribution is 0.186. The van der Waals surface area contributed by atoms with Gasteiger partial charge < -0.3 is 15.2 Å². The fraction of sp³-hybridized carbons (Fsp3) is 0.438. The van der Waals surface area contributed by atoms with Gasteiger partial charge in [0.2, 0.25) is 0 Å². The molecular weight excluding hydrogens is 342 g/mol. The molecule has 2 heterocycles. The predicted octanol–water partition coefficient (Wildman–Crippen LogP) is 2.00. The third-order valence-corrected chi connectivity index (χ3v) is 5.27. The average Bonchev–Trinajstić information content (AvgIpc) is 2.90. The SMILES string of the molecule is Cn1cnc(C(CN)N2CCN(c3ccccc3)CC2)c1Br. The van der Waals surface area contributed by atoms with Crippen molar-refractivity contribution in [2.45, 2.75) is 6.04 Å². The van der Waals surface area contributed by atoms with E-state index in [0.29, 0.717) is 6.54 Å². The van der Waals surface area contributed by atoms with Gasteiger partial charge >= 0.3 is 0 Å². The number of aryl methyl sites for hydroxylation is 1. The van der Waals surface area contributed by atoms with Crippen molar-refractivity contribution in [1.82, 2.24) is 14.5 Å². The topological polar surface area (TPSA) is 50.3 Å². The van der Waals surface area contributed by atoms with Crippen LogP contribution in [-0.2, 0) is 7.05 Å². The van der Waals surface area contributed by atoms with Crippen LogP contribution in [0.25, 0.3) is 0 Å². The number of nitrogens with zero attached hydrogens (tertiary/aromatic N) is 4. The highest BCUT2D eigenvalue weighted by molar-refractivity contribution is 9.10. The predicted molar refractivity (Wildman–Crippen MR) is 92.9 cm³/mol. The van der Waals surface area contributed by atoms with Crippen LogP contribution in [0.3, 0.4) is 0 Å². The van der Waals surface area contributed by atoms with E-state index in [1.54, 1.807) is 0 Å². The highest BCUT2D eigenvalue weighted by Gasteiger charge is 2.27. The van der Waals surface area contributed by atoms with Gasteiger partial charge in [-0.15, -0.1) is 0 Å². The summed E-state index contributed by atoms with van der Waals surface area (Å²) < 4.78 is 3.01. The fourth-order valence-corrected chi connectivity index (χ4v) is 3.48. The number of piperazine rings is 1. The third-order valence-electron chi connectivity index (χ3n) is 4.31. The van der Waals surface area contributed by atoms with E-state index in [2.05, 4.69) is 61.0 Å². The molecule has 118 valence electrons. The Bertz CT molecular complexity index is 604. The molecule has 3 rings (SSSR count). The van der Waals surface area contributed by atoms with Gasteiger partial charge in [0, 0.05) is 45.5 Å². The van der Waals surface area contributed by atoms with E-state index in [4.69, 9.17) is 5.73 Å². The molecule has 1 unspecified atom stereocenters. The standard InChI is InChI=1S/C16H22BrN5/c1-20-12-19-15(16(20)17)14(11-18)22-9-7-21(8-10-22)13-5-3-2-4-6-13/h2-6,12,14H,7-11,18H2,1H3. The van der Waals surface area contributed by atoms with E-state index in [0.717, 1.165) is 36.5 Å². The quantitative estimate of drug-likeness (QED) is 0.902. The Labute approximate surface area is 139 Å². The minimum Gasteiger partial charge on any atom is -0.369 e. The first-order chi connectivity index (χ1) is 10.7. The van der Waals surface area contributed by atoms with Gasteiger partial charge in [-0.2, -0.15) is 0 Å². The van der Waals surface area contributed by atoms with Crippen molar-refractivity contribution in [3.05, 3.63) is 47.0 Å². The zero-order chi connectivity index (χ0) is 15.5. The van der Waals surface area contributed by atoms with Crippen molar-refractivity contribution in [2.24, 2.45) is 12.8 Å². The number of imidazole rings is 1. The number of aromatic nitrogens is 2. The van der Waals surface area contributed by atoms with Crippen LogP contribution in [0, 0.1) is 0 Å². The molecule has 22 heavy (non-hydrogen) atoms. The lowest BCUT2D eigenvalue weighted by atomic mass is 10.1. The van der Waals surface area contributed by atoms with Crippen LogP contribution in [0.1, 0.15) is 11.7 Å². The molecule has 1 fully saturated rings. The molecular formula is C16H22BrN5. The lowest BCUT2D eigenvalue weighted by Crippen LogP contribution is -2.49. The molecule has 2 aromatic rings. The molecule has 1 aromatic heterocycles.